The molecule has 2 bridgehead atoms. The van der Waals surface area contributed by atoms with E-state index in [-0.39, 0.29) is 11.3 Å². The molecule has 3 N–H and O–H groups in total. The number of benzene rings is 1. The average Bonchev–Trinajstić information content (AvgIpc) is 2.82. The summed E-state index contributed by atoms with van der Waals surface area (Å²) in [6.07, 6.45) is 5.45. The molecule has 0 spiro atoms. The van der Waals surface area contributed by atoms with Crippen LogP contribution in [-0.2, 0) is 37.2 Å². The van der Waals surface area contributed by atoms with Crippen LogP contribution < -0.4 is 15.4 Å². The maximum atomic E-state index is 13.1. The lowest BCUT2D eigenvalue weighted by atomic mass is 9.98. The Morgan fingerprint density at radius 3 is 2.44 bits per heavy atom. The Balaban J connectivity index is 1.79. The van der Waals surface area contributed by atoms with Gasteiger partial charge in [-0.2, -0.15) is 4.72 Å². The number of nitrogens with zero attached hydrogens (tertiary/aromatic N) is 1. The summed E-state index contributed by atoms with van der Waals surface area (Å²) >= 11 is 0. The van der Waals surface area contributed by atoms with Crippen molar-refractivity contribution in [3.05, 3.63) is 59.9 Å². The van der Waals surface area contributed by atoms with Crippen molar-refractivity contribution in [2.75, 3.05) is 6.54 Å². The maximum Gasteiger partial charge on any atom is 0.289 e. The molecule has 0 radical (unpaired) electrons. The molecular weight excluding hydrogens is 456 g/mol. The summed E-state index contributed by atoms with van der Waals surface area (Å²) in [5.74, 6) is -2.60. The van der Waals surface area contributed by atoms with Gasteiger partial charge in [0, 0.05) is 18.9 Å². The minimum absolute atomic E-state index is 0.0299. The Hall–Kier alpha value is -3.11. The van der Waals surface area contributed by atoms with Crippen LogP contribution in [0.3, 0.4) is 0 Å². The third kappa shape index (κ3) is 6.71. The monoisotopic (exact) mass is 486 g/mol. The Morgan fingerprint density at radius 1 is 1.09 bits per heavy atom. The number of amides is 2. The Bertz CT molecular complexity index is 1140. The highest BCUT2D eigenvalue weighted by molar-refractivity contribution is 7.89. The summed E-state index contributed by atoms with van der Waals surface area (Å²) in [5.41, 5.74) is 1.94. The summed E-state index contributed by atoms with van der Waals surface area (Å²) < 4.78 is 28.0. The first-order valence-corrected chi connectivity index (χ1v) is 12.8. The molecular formula is C24H30N4O5S. The molecule has 3 rings (SSSR count). The second-order valence-corrected chi connectivity index (χ2v) is 10.4. The van der Waals surface area contributed by atoms with Gasteiger partial charge in [-0.3, -0.25) is 19.4 Å². The fourth-order valence-corrected chi connectivity index (χ4v) is 5.09. The van der Waals surface area contributed by atoms with Crippen molar-refractivity contribution < 1.29 is 22.8 Å². The molecule has 1 aromatic heterocycles. The number of carbonyl (C=O) groups is 3. The molecule has 2 amide bonds. The molecule has 2 aromatic rings. The molecule has 34 heavy (non-hydrogen) atoms. The van der Waals surface area contributed by atoms with Crippen LogP contribution in [0.1, 0.15) is 37.8 Å². The van der Waals surface area contributed by atoms with Gasteiger partial charge in [0.15, 0.2) is 0 Å². The largest absolute Gasteiger partial charge is 0.349 e. The Morgan fingerprint density at radius 2 is 1.76 bits per heavy atom. The molecule has 182 valence electrons. The van der Waals surface area contributed by atoms with Gasteiger partial charge in [-0.05, 0) is 54.9 Å². The predicted octanol–water partition coefficient (Wildman–Crippen LogP) is 1.13. The fourth-order valence-electron chi connectivity index (χ4n) is 3.72. The van der Waals surface area contributed by atoms with Gasteiger partial charge in [0.25, 0.3) is 5.91 Å². The molecule has 0 saturated carbocycles. The highest BCUT2D eigenvalue weighted by atomic mass is 32.2. The molecule has 1 aromatic carbocycles. The van der Waals surface area contributed by atoms with E-state index >= 15 is 0 Å². The number of aryl methyl sites for hydroxylation is 2. The van der Waals surface area contributed by atoms with Crippen molar-refractivity contribution in [1.82, 2.24) is 20.3 Å². The third-order valence-corrected chi connectivity index (χ3v) is 7.10. The van der Waals surface area contributed by atoms with Crippen LogP contribution in [0, 0.1) is 5.92 Å². The first-order chi connectivity index (χ1) is 16.2. The zero-order valence-electron chi connectivity index (χ0n) is 19.3. The van der Waals surface area contributed by atoms with Crippen molar-refractivity contribution in [2.45, 2.75) is 56.5 Å². The maximum absolute atomic E-state index is 13.1. The zero-order valence-corrected chi connectivity index (χ0v) is 20.1. The van der Waals surface area contributed by atoms with Crippen molar-refractivity contribution >= 4 is 27.6 Å². The van der Waals surface area contributed by atoms with Gasteiger partial charge in [0.2, 0.25) is 21.7 Å². The second kappa shape index (κ2) is 11.3. The topological polar surface area (TPSA) is 134 Å². The number of pyridine rings is 1. The first kappa shape index (κ1) is 25.5. The molecule has 2 atom stereocenters. The smallest absolute Gasteiger partial charge is 0.289 e. The van der Waals surface area contributed by atoms with Crippen LogP contribution in [-0.4, -0.2) is 49.6 Å². The van der Waals surface area contributed by atoms with Gasteiger partial charge in [-0.25, -0.2) is 8.42 Å². The highest BCUT2D eigenvalue weighted by Crippen LogP contribution is 2.14. The van der Waals surface area contributed by atoms with Crippen LogP contribution in [0.2, 0.25) is 0 Å². The third-order valence-electron chi connectivity index (χ3n) is 5.64. The lowest BCUT2D eigenvalue weighted by molar-refractivity contribution is -0.140. The standard InChI is InChI=1S/C24H30N4O5S/c1-16(2)21(28-34(32,33)19-8-4-3-5-9-19)23(30)27-20-11-10-18-13-17(14-25-15-18)7-6-12-26-24(31)22(20)29/h3-5,8-9,13-16,20-21,28H,6-7,10-12H2,1-2H3,(H,26,31)(H,27,30). The van der Waals surface area contributed by atoms with Crippen molar-refractivity contribution in [3.8, 4) is 0 Å². The van der Waals surface area contributed by atoms with Gasteiger partial charge in [-0.15, -0.1) is 0 Å². The first-order valence-electron chi connectivity index (χ1n) is 11.3. The Kier molecular flexibility index (Phi) is 8.51. The number of hydrogen-bond donors (Lipinski definition) is 3. The lowest BCUT2D eigenvalue weighted by Crippen LogP contribution is -2.55. The number of fused-ring (bicyclic) bond motifs is 2. The van der Waals surface area contributed by atoms with E-state index in [0.29, 0.717) is 19.4 Å². The number of hydrogen-bond acceptors (Lipinski definition) is 6. The van der Waals surface area contributed by atoms with Crippen LogP contribution >= 0.6 is 0 Å². The van der Waals surface area contributed by atoms with E-state index in [1.807, 2.05) is 6.07 Å². The number of sulfonamides is 1. The summed E-state index contributed by atoms with van der Waals surface area (Å²) in [7, 11) is -3.97. The lowest BCUT2D eigenvalue weighted by Gasteiger charge is -2.25. The summed E-state index contributed by atoms with van der Waals surface area (Å²) in [4.78, 5) is 42.6. The predicted molar refractivity (Wildman–Crippen MR) is 126 cm³/mol. The summed E-state index contributed by atoms with van der Waals surface area (Å²) in [6.45, 7) is 3.72. The van der Waals surface area contributed by atoms with Gasteiger partial charge in [0.05, 0.1) is 10.9 Å². The molecule has 0 aliphatic carbocycles. The van der Waals surface area contributed by atoms with Crippen LogP contribution in [0.4, 0.5) is 0 Å². The van der Waals surface area contributed by atoms with E-state index in [4.69, 9.17) is 0 Å². The van der Waals surface area contributed by atoms with Crippen LogP contribution in [0.5, 0.6) is 0 Å². The van der Waals surface area contributed by atoms with E-state index in [0.717, 1.165) is 17.5 Å². The number of aromatic nitrogens is 1. The minimum Gasteiger partial charge on any atom is -0.349 e. The molecule has 2 unspecified atom stereocenters. The number of Topliss-reactive ketones (excluding diaryl/α,β-unsaturated/α-hetero) is 1. The number of nitrogens with one attached hydrogen (secondary N) is 3. The normalized spacial score (nSPS) is 18.4. The van der Waals surface area contributed by atoms with Crippen LogP contribution in [0.15, 0.2) is 53.7 Å². The van der Waals surface area contributed by atoms with Crippen LogP contribution in [0.25, 0.3) is 0 Å². The molecule has 2 heterocycles. The van der Waals surface area contributed by atoms with E-state index in [9.17, 15) is 22.8 Å². The zero-order chi connectivity index (χ0) is 24.7. The number of carbonyl (C=O) groups excluding carboxylic acids is 3. The molecule has 0 saturated heterocycles. The quantitative estimate of drug-likeness (QED) is 0.524. The average molecular weight is 487 g/mol. The number of ketones is 1. The SMILES string of the molecule is CC(C)C(NS(=O)(=O)c1ccccc1)C(=O)NC1CCc2cncc(c2)CCCNC(=O)C1=O. The molecule has 1 aliphatic rings. The Labute approximate surface area is 199 Å². The summed E-state index contributed by atoms with van der Waals surface area (Å²) in [5, 5.41) is 5.22. The summed E-state index contributed by atoms with van der Waals surface area (Å²) in [6, 6.07) is 7.50. The van der Waals surface area contributed by atoms with E-state index in [1.54, 1.807) is 44.4 Å². The molecule has 9 nitrogen and oxygen atoms in total. The molecule has 1 aliphatic heterocycles. The van der Waals surface area contributed by atoms with Gasteiger partial charge < -0.3 is 10.6 Å². The van der Waals surface area contributed by atoms with Crippen molar-refractivity contribution in [1.29, 1.82) is 0 Å². The van der Waals surface area contributed by atoms with Gasteiger partial charge >= 0.3 is 0 Å². The fraction of sp³-hybridized carbons (Fsp3) is 0.417. The van der Waals surface area contributed by atoms with E-state index in [2.05, 4.69) is 20.3 Å². The second-order valence-electron chi connectivity index (χ2n) is 8.68. The highest BCUT2D eigenvalue weighted by Gasteiger charge is 2.33. The van der Waals surface area contributed by atoms with Crippen molar-refractivity contribution in [2.24, 2.45) is 5.92 Å². The van der Waals surface area contributed by atoms with Crippen molar-refractivity contribution in [3.63, 3.8) is 0 Å². The van der Waals surface area contributed by atoms with Gasteiger partial charge in [-0.1, -0.05) is 38.1 Å². The molecule has 0 fully saturated rings. The van der Waals surface area contributed by atoms with Gasteiger partial charge in [0.1, 0.15) is 6.04 Å². The number of rotatable bonds is 6. The minimum atomic E-state index is -3.97. The van der Waals surface area contributed by atoms with E-state index < -0.39 is 45.6 Å². The van der Waals surface area contributed by atoms with E-state index in [1.165, 1.54) is 12.1 Å². The molecule has 10 heteroatoms.